The number of fused-ring (bicyclic) bond motifs is 1. The highest BCUT2D eigenvalue weighted by molar-refractivity contribution is 7.90. The van der Waals surface area contributed by atoms with Crippen LogP contribution in [0.4, 0.5) is 0 Å². The van der Waals surface area contributed by atoms with Gasteiger partial charge in [-0.2, -0.15) is 10.5 Å². The van der Waals surface area contributed by atoms with Crippen LogP contribution in [0.3, 0.4) is 0 Å². The Hall–Kier alpha value is -3.55. The van der Waals surface area contributed by atoms with Gasteiger partial charge >= 0.3 is 0 Å². The summed E-state index contributed by atoms with van der Waals surface area (Å²) in [6.07, 6.45) is 1.95. The van der Waals surface area contributed by atoms with E-state index in [0.717, 1.165) is 11.1 Å². The zero-order valence-electron chi connectivity index (χ0n) is 16.6. The van der Waals surface area contributed by atoms with E-state index in [4.69, 9.17) is 4.74 Å². The van der Waals surface area contributed by atoms with Gasteiger partial charge in [0.15, 0.2) is 5.41 Å². The number of aryl methyl sites for hydroxylation is 1. The van der Waals surface area contributed by atoms with Crippen molar-refractivity contribution in [2.45, 2.75) is 24.7 Å². The fraction of sp³-hybridized carbons (Fsp3) is 0.217. The van der Waals surface area contributed by atoms with Crippen molar-refractivity contribution < 1.29 is 13.2 Å². The van der Waals surface area contributed by atoms with Crippen molar-refractivity contribution in [1.82, 2.24) is 3.97 Å². The minimum Gasteiger partial charge on any atom is -0.497 e. The van der Waals surface area contributed by atoms with E-state index in [0.29, 0.717) is 22.6 Å². The highest BCUT2D eigenvalue weighted by atomic mass is 32.2. The molecule has 0 fully saturated rings. The molecule has 30 heavy (non-hydrogen) atoms. The van der Waals surface area contributed by atoms with Crippen LogP contribution >= 0.6 is 0 Å². The molecule has 150 valence electrons. The van der Waals surface area contributed by atoms with Gasteiger partial charge in [0, 0.05) is 19.0 Å². The lowest BCUT2D eigenvalue weighted by molar-refractivity contribution is 0.415. The first-order chi connectivity index (χ1) is 14.3. The fourth-order valence-corrected chi connectivity index (χ4v) is 5.28. The molecule has 6 nitrogen and oxygen atoms in total. The molecule has 0 N–H and O–H groups in total. The second-order valence-corrected chi connectivity index (χ2v) is 9.30. The quantitative estimate of drug-likeness (QED) is 0.643. The van der Waals surface area contributed by atoms with Crippen molar-refractivity contribution in [2.24, 2.45) is 5.41 Å². The van der Waals surface area contributed by atoms with Crippen LogP contribution in [-0.2, 0) is 22.9 Å². The molecule has 0 amide bonds. The van der Waals surface area contributed by atoms with E-state index in [1.54, 1.807) is 61.8 Å². The van der Waals surface area contributed by atoms with Gasteiger partial charge in [-0.1, -0.05) is 17.7 Å². The molecule has 0 aliphatic heterocycles. The zero-order valence-corrected chi connectivity index (χ0v) is 17.4. The van der Waals surface area contributed by atoms with Gasteiger partial charge < -0.3 is 4.74 Å². The van der Waals surface area contributed by atoms with Crippen molar-refractivity contribution in [3.05, 3.63) is 71.4 Å². The van der Waals surface area contributed by atoms with Gasteiger partial charge in [0.25, 0.3) is 10.0 Å². The average molecular weight is 417 g/mol. The van der Waals surface area contributed by atoms with Crippen LogP contribution in [0.1, 0.15) is 16.7 Å². The molecule has 4 rings (SSSR count). The van der Waals surface area contributed by atoms with Crippen LogP contribution in [0.2, 0.25) is 0 Å². The molecule has 2 aromatic carbocycles. The number of nitriles is 2. The van der Waals surface area contributed by atoms with Crippen LogP contribution in [-0.4, -0.2) is 19.5 Å². The zero-order chi connectivity index (χ0) is 21.5. The molecule has 0 atom stereocenters. The van der Waals surface area contributed by atoms with Crippen LogP contribution in [0, 0.1) is 35.0 Å². The van der Waals surface area contributed by atoms with Crippen molar-refractivity contribution in [3.63, 3.8) is 0 Å². The van der Waals surface area contributed by atoms with Crippen LogP contribution in [0.15, 0.2) is 59.6 Å². The first-order valence-electron chi connectivity index (χ1n) is 9.36. The second-order valence-electron chi connectivity index (χ2n) is 7.48. The SMILES string of the molecule is COc1ccc(-c2c3c(cn2S(=O)(=O)c2ccc(C)cc2)CC(C#N)(C#N)C3)cc1. The van der Waals surface area contributed by atoms with Crippen LogP contribution < -0.4 is 4.74 Å². The largest absolute Gasteiger partial charge is 0.497 e. The highest BCUT2D eigenvalue weighted by Crippen LogP contribution is 2.43. The minimum atomic E-state index is -3.86. The number of aromatic nitrogens is 1. The van der Waals surface area contributed by atoms with Gasteiger partial charge in [0.05, 0.1) is 29.8 Å². The van der Waals surface area contributed by atoms with Crippen LogP contribution in [0.25, 0.3) is 11.3 Å². The fourth-order valence-electron chi connectivity index (χ4n) is 3.85. The third kappa shape index (κ3) is 3.04. The van der Waals surface area contributed by atoms with Gasteiger partial charge in [-0.05, 0) is 60.0 Å². The standard InChI is InChI=1S/C23H19N3O3S/c1-16-3-9-20(10-4-16)30(27,28)26-13-18-11-23(14-24,15-25)12-21(18)22(26)17-5-7-19(29-2)8-6-17/h3-10,13H,11-12H2,1-2H3. The normalized spacial score (nSPS) is 14.5. The van der Waals surface area contributed by atoms with E-state index in [-0.39, 0.29) is 17.7 Å². The van der Waals surface area contributed by atoms with Crippen molar-refractivity contribution in [2.75, 3.05) is 7.11 Å². The van der Waals surface area contributed by atoms with E-state index in [2.05, 4.69) is 12.1 Å². The maximum absolute atomic E-state index is 13.5. The Kier molecular flexibility index (Phi) is 4.64. The predicted octanol–water partition coefficient (Wildman–Crippen LogP) is 3.84. The summed E-state index contributed by atoms with van der Waals surface area (Å²) in [7, 11) is -2.30. The van der Waals surface area contributed by atoms with Gasteiger partial charge in [0.2, 0.25) is 0 Å². The molecule has 0 bridgehead atoms. The minimum absolute atomic E-state index is 0.184. The number of ether oxygens (including phenoxy) is 1. The molecule has 0 spiro atoms. The molecule has 1 aliphatic rings. The molecule has 7 heteroatoms. The Labute approximate surface area is 175 Å². The maximum Gasteiger partial charge on any atom is 0.268 e. The highest BCUT2D eigenvalue weighted by Gasteiger charge is 2.42. The number of methoxy groups -OCH3 is 1. The molecule has 1 aliphatic carbocycles. The summed E-state index contributed by atoms with van der Waals surface area (Å²) < 4.78 is 33.4. The Morgan fingerprint density at radius 1 is 1.00 bits per heavy atom. The number of nitrogens with zero attached hydrogens (tertiary/aromatic N) is 3. The molecule has 0 radical (unpaired) electrons. The summed E-state index contributed by atoms with van der Waals surface area (Å²) in [5.41, 5.74) is 2.39. The Balaban J connectivity index is 1.94. The summed E-state index contributed by atoms with van der Waals surface area (Å²) in [5, 5.41) is 19.1. The third-order valence-electron chi connectivity index (χ3n) is 5.51. The topological polar surface area (TPSA) is 95.9 Å². The average Bonchev–Trinajstić information content (AvgIpc) is 3.29. The Bertz CT molecular complexity index is 1290. The van der Waals surface area contributed by atoms with Crippen molar-refractivity contribution in [3.8, 4) is 29.1 Å². The van der Waals surface area contributed by atoms with Gasteiger partial charge in [-0.25, -0.2) is 12.4 Å². The lowest BCUT2D eigenvalue weighted by atomic mass is 9.88. The number of hydrogen-bond donors (Lipinski definition) is 0. The third-order valence-corrected chi connectivity index (χ3v) is 7.18. The Morgan fingerprint density at radius 2 is 1.63 bits per heavy atom. The van der Waals surface area contributed by atoms with E-state index in [9.17, 15) is 18.9 Å². The lowest BCUT2D eigenvalue weighted by Gasteiger charge is -2.15. The van der Waals surface area contributed by atoms with Gasteiger partial charge in [-0.3, -0.25) is 0 Å². The summed E-state index contributed by atoms with van der Waals surface area (Å²) >= 11 is 0. The molecule has 0 saturated heterocycles. The van der Waals surface area contributed by atoms with Gasteiger partial charge in [-0.15, -0.1) is 0 Å². The monoisotopic (exact) mass is 417 g/mol. The first kappa shape index (κ1) is 19.8. The van der Waals surface area contributed by atoms with E-state index < -0.39 is 15.4 Å². The Morgan fingerprint density at radius 3 is 2.20 bits per heavy atom. The van der Waals surface area contributed by atoms with Gasteiger partial charge in [0.1, 0.15) is 5.75 Å². The molecular weight excluding hydrogens is 398 g/mol. The molecule has 1 heterocycles. The van der Waals surface area contributed by atoms with Crippen LogP contribution in [0.5, 0.6) is 5.75 Å². The molecular formula is C23H19N3O3S. The maximum atomic E-state index is 13.5. The van der Waals surface area contributed by atoms with E-state index in [1.807, 2.05) is 6.92 Å². The van der Waals surface area contributed by atoms with Crippen molar-refractivity contribution >= 4 is 10.0 Å². The summed E-state index contributed by atoms with van der Waals surface area (Å²) in [5.74, 6) is 0.651. The first-order valence-corrected chi connectivity index (χ1v) is 10.8. The molecule has 0 saturated carbocycles. The summed E-state index contributed by atoms with van der Waals surface area (Å²) in [6.45, 7) is 1.90. The van der Waals surface area contributed by atoms with Crippen molar-refractivity contribution in [1.29, 1.82) is 10.5 Å². The molecule has 1 aromatic heterocycles. The molecule has 0 unspecified atom stereocenters. The summed E-state index contributed by atoms with van der Waals surface area (Å²) in [6, 6.07) is 18.0. The predicted molar refractivity (Wildman–Crippen MR) is 111 cm³/mol. The smallest absolute Gasteiger partial charge is 0.268 e. The second kappa shape index (κ2) is 7.05. The van der Waals surface area contributed by atoms with E-state index in [1.165, 1.54) is 3.97 Å². The molecule has 3 aromatic rings. The number of rotatable bonds is 4. The lowest BCUT2D eigenvalue weighted by Crippen LogP contribution is -2.19. The summed E-state index contributed by atoms with van der Waals surface area (Å²) in [4.78, 5) is 0.184. The number of benzene rings is 2. The number of hydrogen-bond acceptors (Lipinski definition) is 5. The van der Waals surface area contributed by atoms with E-state index >= 15 is 0 Å².